The highest BCUT2D eigenvalue weighted by atomic mass is 35.5. The maximum absolute atomic E-state index is 12.8. The van der Waals surface area contributed by atoms with Crippen LogP contribution in [-0.2, 0) is 4.79 Å². The second kappa shape index (κ2) is 8.26. The Morgan fingerprint density at radius 1 is 0.933 bits per heavy atom. The quantitative estimate of drug-likeness (QED) is 0.611. The van der Waals surface area contributed by atoms with E-state index in [9.17, 15) is 14.4 Å². The number of carbonyl (C=O) groups excluding carboxylic acids is 3. The SMILES string of the molecule is O=C(CN1C(=O)c2cc(Cl)c(Cl)cc2C1=O)NC(c1ccccc1)c1ccccn1. The molecule has 0 spiro atoms. The van der Waals surface area contributed by atoms with E-state index in [0.29, 0.717) is 5.69 Å². The average Bonchev–Trinajstić information content (AvgIpc) is 2.98. The number of carbonyl (C=O) groups is 3. The van der Waals surface area contributed by atoms with Crippen molar-refractivity contribution in [2.45, 2.75) is 6.04 Å². The van der Waals surface area contributed by atoms with Crippen molar-refractivity contribution < 1.29 is 14.4 Å². The summed E-state index contributed by atoms with van der Waals surface area (Å²) in [4.78, 5) is 43.3. The third-order valence-electron chi connectivity index (χ3n) is 4.74. The van der Waals surface area contributed by atoms with Crippen molar-refractivity contribution in [3.8, 4) is 0 Å². The van der Waals surface area contributed by atoms with Gasteiger partial charge in [-0.3, -0.25) is 24.3 Å². The Morgan fingerprint density at radius 2 is 1.53 bits per heavy atom. The zero-order valence-corrected chi connectivity index (χ0v) is 17.0. The van der Waals surface area contributed by atoms with Crippen LogP contribution in [-0.4, -0.2) is 34.2 Å². The van der Waals surface area contributed by atoms with Crippen LogP contribution in [0.3, 0.4) is 0 Å². The molecule has 1 aliphatic heterocycles. The minimum absolute atomic E-state index is 0.131. The summed E-state index contributed by atoms with van der Waals surface area (Å²) in [6.45, 7) is -0.433. The topological polar surface area (TPSA) is 79.4 Å². The van der Waals surface area contributed by atoms with Gasteiger partial charge in [0.05, 0.1) is 32.9 Å². The lowest BCUT2D eigenvalue weighted by Crippen LogP contribution is -2.41. The van der Waals surface area contributed by atoms with Crippen molar-refractivity contribution in [1.82, 2.24) is 15.2 Å². The van der Waals surface area contributed by atoms with Gasteiger partial charge in [0.2, 0.25) is 5.91 Å². The van der Waals surface area contributed by atoms with Gasteiger partial charge in [0.15, 0.2) is 0 Å². The molecule has 0 aliphatic carbocycles. The smallest absolute Gasteiger partial charge is 0.262 e. The standard InChI is InChI=1S/C22H15Cl2N3O3/c23-16-10-14-15(11-17(16)24)22(30)27(21(14)29)12-19(28)26-20(13-6-2-1-3-7-13)18-8-4-5-9-25-18/h1-11,20H,12H2,(H,26,28). The highest BCUT2D eigenvalue weighted by Gasteiger charge is 2.37. The third-order valence-corrected chi connectivity index (χ3v) is 5.46. The molecule has 0 saturated carbocycles. The Kier molecular flexibility index (Phi) is 5.53. The van der Waals surface area contributed by atoms with Gasteiger partial charge in [0, 0.05) is 6.20 Å². The van der Waals surface area contributed by atoms with Crippen molar-refractivity contribution in [3.05, 3.63) is 99.3 Å². The van der Waals surface area contributed by atoms with Gasteiger partial charge in [-0.15, -0.1) is 0 Å². The lowest BCUT2D eigenvalue weighted by Gasteiger charge is -2.21. The number of aromatic nitrogens is 1. The Labute approximate surface area is 182 Å². The summed E-state index contributed by atoms with van der Waals surface area (Å²) in [6, 6.07) is 16.9. The normalized spacial score (nSPS) is 13.9. The molecule has 1 N–H and O–H groups in total. The first kappa shape index (κ1) is 20.1. The second-order valence-electron chi connectivity index (χ2n) is 6.67. The van der Waals surface area contributed by atoms with E-state index in [1.807, 2.05) is 36.4 Å². The monoisotopic (exact) mass is 439 g/mol. The third kappa shape index (κ3) is 3.79. The molecule has 4 rings (SSSR count). The summed E-state index contributed by atoms with van der Waals surface area (Å²) in [7, 11) is 0. The van der Waals surface area contributed by atoms with Crippen molar-refractivity contribution in [3.63, 3.8) is 0 Å². The van der Waals surface area contributed by atoms with E-state index >= 15 is 0 Å². The van der Waals surface area contributed by atoms with Gasteiger partial charge in [-0.25, -0.2) is 0 Å². The molecular weight excluding hydrogens is 425 g/mol. The molecular formula is C22H15Cl2N3O3. The zero-order valence-electron chi connectivity index (χ0n) is 15.5. The Bertz CT molecular complexity index is 1060. The number of nitrogens with zero attached hydrogens (tertiary/aromatic N) is 2. The van der Waals surface area contributed by atoms with E-state index in [2.05, 4.69) is 10.3 Å². The van der Waals surface area contributed by atoms with E-state index in [0.717, 1.165) is 10.5 Å². The first-order valence-corrected chi connectivity index (χ1v) is 9.82. The number of halogens is 2. The molecule has 0 saturated heterocycles. The summed E-state index contributed by atoms with van der Waals surface area (Å²) in [5.41, 5.74) is 1.72. The Morgan fingerprint density at radius 3 is 2.10 bits per heavy atom. The van der Waals surface area contributed by atoms with Crippen molar-refractivity contribution in [2.75, 3.05) is 6.54 Å². The number of imide groups is 1. The molecule has 8 heteroatoms. The number of hydrogen-bond acceptors (Lipinski definition) is 4. The van der Waals surface area contributed by atoms with E-state index < -0.39 is 30.3 Å². The van der Waals surface area contributed by atoms with Crippen molar-refractivity contribution >= 4 is 40.9 Å². The number of pyridine rings is 1. The highest BCUT2D eigenvalue weighted by Crippen LogP contribution is 2.31. The summed E-state index contributed by atoms with van der Waals surface area (Å²) < 4.78 is 0. The van der Waals surface area contributed by atoms with Gasteiger partial charge in [-0.05, 0) is 29.8 Å². The fourth-order valence-electron chi connectivity index (χ4n) is 3.30. The summed E-state index contributed by atoms with van der Waals surface area (Å²) in [5, 5.41) is 3.20. The van der Waals surface area contributed by atoms with Crippen molar-refractivity contribution in [2.24, 2.45) is 0 Å². The average molecular weight is 440 g/mol. The number of hydrogen-bond donors (Lipinski definition) is 1. The van der Waals surface area contributed by atoms with Crippen LogP contribution < -0.4 is 5.32 Å². The maximum Gasteiger partial charge on any atom is 0.262 e. The van der Waals surface area contributed by atoms with E-state index in [1.54, 1.807) is 18.3 Å². The highest BCUT2D eigenvalue weighted by molar-refractivity contribution is 6.43. The molecule has 1 unspecified atom stereocenters. The second-order valence-corrected chi connectivity index (χ2v) is 7.49. The predicted octanol–water partition coefficient (Wildman–Crippen LogP) is 3.89. The van der Waals surface area contributed by atoms with E-state index in [1.165, 1.54) is 12.1 Å². The summed E-state index contributed by atoms with van der Waals surface area (Å²) >= 11 is 11.9. The van der Waals surface area contributed by atoms with Gasteiger partial charge in [0.1, 0.15) is 6.54 Å². The van der Waals surface area contributed by atoms with E-state index in [-0.39, 0.29) is 21.2 Å². The molecule has 3 aromatic rings. The van der Waals surface area contributed by atoms with E-state index in [4.69, 9.17) is 23.2 Å². The fraction of sp³-hybridized carbons (Fsp3) is 0.0909. The van der Waals surface area contributed by atoms with Crippen LogP contribution in [0.1, 0.15) is 38.0 Å². The molecule has 1 atom stereocenters. The maximum atomic E-state index is 12.8. The first-order chi connectivity index (χ1) is 14.5. The van der Waals surface area contributed by atoms with Crippen LogP contribution in [0.15, 0.2) is 66.9 Å². The molecule has 1 aliphatic rings. The predicted molar refractivity (Wildman–Crippen MR) is 112 cm³/mol. The zero-order chi connectivity index (χ0) is 21.3. The van der Waals surface area contributed by atoms with Crippen LogP contribution in [0.25, 0.3) is 0 Å². The minimum Gasteiger partial charge on any atom is -0.342 e. The van der Waals surface area contributed by atoms with Crippen LogP contribution in [0.4, 0.5) is 0 Å². The number of benzene rings is 2. The summed E-state index contributed by atoms with van der Waals surface area (Å²) in [5.74, 6) is -1.67. The molecule has 0 radical (unpaired) electrons. The molecule has 1 aromatic heterocycles. The van der Waals surface area contributed by atoms with Gasteiger partial charge >= 0.3 is 0 Å². The van der Waals surface area contributed by atoms with Crippen LogP contribution >= 0.6 is 23.2 Å². The Hall–Kier alpha value is -3.22. The largest absolute Gasteiger partial charge is 0.342 e. The molecule has 30 heavy (non-hydrogen) atoms. The van der Waals surface area contributed by atoms with Crippen LogP contribution in [0.5, 0.6) is 0 Å². The molecule has 150 valence electrons. The lowest BCUT2D eigenvalue weighted by molar-refractivity contribution is -0.121. The molecule has 2 heterocycles. The number of fused-ring (bicyclic) bond motifs is 1. The van der Waals surface area contributed by atoms with Gasteiger partial charge in [-0.1, -0.05) is 59.6 Å². The first-order valence-electron chi connectivity index (χ1n) is 9.06. The van der Waals surface area contributed by atoms with Crippen LogP contribution in [0.2, 0.25) is 10.0 Å². The molecule has 6 nitrogen and oxygen atoms in total. The van der Waals surface area contributed by atoms with Crippen molar-refractivity contribution in [1.29, 1.82) is 0 Å². The van der Waals surface area contributed by atoms with Crippen LogP contribution in [0, 0.1) is 0 Å². The number of nitrogens with one attached hydrogen (secondary N) is 1. The molecule has 2 aromatic carbocycles. The van der Waals surface area contributed by atoms with Gasteiger partial charge in [-0.2, -0.15) is 0 Å². The molecule has 0 fully saturated rings. The minimum atomic E-state index is -0.585. The van der Waals surface area contributed by atoms with Gasteiger partial charge < -0.3 is 5.32 Å². The summed E-state index contributed by atoms with van der Waals surface area (Å²) in [6.07, 6.45) is 1.63. The Balaban J connectivity index is 1.56. The number of amides is 3. The van der Waals surface area contributed by atoms with Gasteiger partial charge in [0.25, 0.3) is 11.8 Å². The molecule has 3 amide bonds. The lowest BCUT2D eigenvalue weighted by atomic mass is 10.0. The molecule has 0 bridgehead atoms. The fourth-order valence-corrected chi connectivity index (χ4v) is 3.63. The number of rotatable bonds is 5.